The van der Waals surface area contributed by atoms with Gasteiger partial charge in [0.1, 0.15) is 11.5 Å². The topological polar surface area (TPSA) is 43.6 Å². The van der Waals surface area contributed by atoms with Crippen molar-refractivity contribution in [2.45, 2.75) is 20.4 Å². The van der Waals surface area contributed by atoms with Crippen molar-refractivity contribution in [3.05, 3.63) is 88.2 Å². The van der Waals surface area contributed by atoms with Crippen molar-refractivity contribution >= 4 is 27.5 Å². The normalized spacial score (nSPS) is 11.4. The fraction of sp³-hybridized carbons (Fsp3) is 0.120. The molecule has 0 aliphatic rings. The number of ether oxygens (including phenoxy) is 1. The Balaban J connectivity index is 1.81. The van der Waals surface area contributed by atoms with Gasteiger partial charge in [0, 0.05) is 0 Å². The maximum absolute atomic E-state index is 13.1. The summed E-state index contributed by atoms with van der Waals surface area (Å²) in [5.74, 6) is 3.43. The predicted molar refractivity (Wildman–Crippen MR) is 121 cm³/mol. The van der Waals surface area contributed by atoms with Gasteiger partial charge >= 0.3 is 0 Å². The molecule has 3 aromatic carbocycles. The first kappa shape index (κ1) is 19.7. The first-order chi connectivity index (χ1) is 14.6. The van der Waals surface area contributed by atoms with E-state index in [0.29, 0.717) is 28.4 Å². The minimum atomic E-state index is -0.367. The molecule has 30 heavy (non-hydrogen) atoms. The fourth-order valence-corrected chi connectivity index (χ4v) is 4.41. The lowest BCUT2D eigenvalue weighted by atomic mass is 10.1. The van der Waals surface area contributed by atoms with E-state index in [2.05, 4.69) is 30.0 Å². The van der Waals surface area contributed by atoms with Crippen LogP contribution in [0.3, 0.4) is 0 Å². The molecular weight excluding hydrogens is 392 g/mol. The first-order valence-electron chi connectivity index (χ1n) is 9.52. The zero-order valence-electron chi connectivity index (χ0n) is 16.8. The Kier molecular flexibility index (Phi) is 5.51. The van der Waals surface area contributed by atoms with Gasteiger partial charge < -0.3 is 9.30 Å². The molecule has 1 heterocycles. The summed E-state index contributed by atoms with van der Waals surface area (Å²) in [5.41, 5.74) is 3.68. The zero-order valence-corrected chi connectivity index (χ0v) is 17.6. The molecule has 4 aromatic rings. The number of benzene rings is 3. The van der Waals surface area contributed by atoms with Crippen LogP contribution >= 0.6 is 11.3 Å². The second-order valence-corrected chi connectivity index (χ2v) is 7.91. The molecule has 0 saturated heterocycles. The number of aryl methyl sites for hydroxylation is 2. The average molecular weight is 413 g/mol. The van der Waals surface area contributed by atoms with Crippen molar-refractivity contribution in [2.75, 3.05) is 0 Å². The molecule has 0 bridgehead atoms. The Morgan fingerprint density at radius 2 is 1.83 bits per heavy atom. The standard InChI is InChI=1S/C25H20N2O2S/c1-4-14-27-21-16-17(2)15-18(3)23(21)30-25(27)26-24(28)20-12-8-9-13-22(20)29-19-10-6-5-7-11-19/h1,5-13,15-16H,14H2,2-3H3. The van der Waals surface area contributed by atoms with E-state index in [4.69, 9.17) is 11.2 Å². The van der Waals surface area contributed by atoms with E-state index in [1.54, 1.807) is 18.2 Å². The van der Waals surface area contributed by atoms with E-state index in [-0.39, 0.29) is 5.91 Å². The molecular formula is C25H20N2O2S. The lowest BCUT2D eigenvalue weighted by Crippen LogP contribution is -2.16. The number of aromatic nitrogens is 1. The monoisotopic (exact) mass is 412 g/mol. The van der Waals surface area contributed by atoms with Crippen molar-refractivity contribution in [1.82, 2.24) is 4.57 Å². The molecule has 0 spiro atoms. The number of fused-ring (bicyclic) bond motifs is 1. The van der Waals surface area contributed by atoms with Gasteiger partial charge in [-0.3, -0.25) is 4.79 Å². The number of rotatable bonds is 4. The van der Waals surface area contributed by atoms with E-state index in [1.165, 1.54) is 11.3 Å². The van der Waals surface area contributed by atoms with Gasteiger partial charge in [-0.05, 0) is 55.3 Å². The van der Waals surface area contributed by atoms with E-state index < -0.39 is 0 Å². The average Bonchev–Trinajstić information content (AvgIpc) is 3.07. The summed E-state index contributed by atoms with van der Waals surface area (Å²) in [6, 6.07) is 20.7. The molecule has 0 radical (unpaired) electrons. The maximum Gasteiger partial charge on any atom is 0.283 e. The van der Waals surface area contributed by atoms with Crippen LogP contribution in [0.4, 0.5) is 0 Å². The second-order valence-electron chi connectivity index (χ2n) is 6.93. The van der Waals surface area contributed by atoms with Crippen LogP contribution in [-0.2, 0) is 6.54 Å². The number of thiazole rings is 1. The fourth-order valence-electron chi connectivity index (χ4n) is 3.34. The van der Waals surface area contributed by atoms with Gasteiger partial charge in [0.15, 0.2) is 4.80 Å². The summed E-state index contributed by atoms with van der Waals surface area (Å²) < 4.78 is 8.92. The van der Waals surface area contributed by atoms with Gasteiger partial charge in [-0.1, -0.05) is 53.7 Å². The van der Waals surface area contributed by atoms with Crippen LogP contribution in [0.2, 0.25) is 0 Å². The Bertz CT molecular complexity index is 1340. The summed E-state index contributed by atoms with van der Waals surface area (Å²) in [6.07, 6.45) is 5.59. The number of carbonyl (C=O) groups is 1. The van der Waals surface area contributed by atoms with Crippen LogP contribution in [0.1, 0.15) is 21.5 Å². The summed E-state index contributed by atoms with van der Waals surface area (Å²) in [5, 5.41) is 0. The third kappa shape index (κ3) is 3.91. The third-order valence-corrected chi connectivity index (χ3v) is 5.88. The molecule has 0 N–H and O–H groups in total. The van der Waals surface area contributed by atoms with Crippen LogP contribution in [0.15, 0.2) is 71.7 Å². The quantitative estimate of drug-likeness (QED) is 0.416. The van der Waals surface area contributed by atoms with Crippen LogP contribution in [-0.4, -0.2) is 10.5 Å². The highest BCUT2D eigenvalue weighted by atomic mass is 32.1. The number of terminal acetylenes is 1. The van der Waals surface area contributed by atoms with Crippen molar-refractivity contribution in [3.8, 4) is 23.8 Å². The van der Waals surface area contributed by atoms with E-state index in [0.717, 1.165) is 21.3 Å². The van der Waals surface area contributed by atoms with Crippen LogP contribution in [0, 0.1) is 26.2 Å². The summed E-state index contributed by atoms with van der Waals surface area (Å²) >= 11 is 1.47. The molecule has 148 valence electrons. The molecule has 0 aliphatic heterocycles. The molecule has 0 fully saturated rings. The summed E-state index contributed by atoms with van der Waals surface area (Å²) in [7, 11) is 0. The van der Waals surface area contributed by atoms with Gasteiger partial charge in [-0.2, -0.15) is 4.99 Å². The van der Waals surface area contributed by atoms with Gasteiger partial charge in [0.2, 0.25) is 0 Å². The maximum atomic E-state index is 13.1. The van der Waals surface area contributed by atoms with E-state index in [1.807, 2.05) is 47.9 Å². The van der Waals surface area contributed by atoms with Crippen LogP contribution in [0.5, 0.6) is 11.5 Å². The van der Waals surface area contributed by atoms with Crippen LogP contribution in [0.25, 0.3) is 10.2 Å². The minimum absolute atomic E-state index is 0.344. The zero-order chi connectivity index (χ0) is 21.1. The SMILES string of the molecule is C#CCn1c(=NC(=O)c2ccccc2Oc2ccccc2)sc2c(C)cc(C)cc21. The van der Waals surface area contributed by atoms with Crippen molar-refractivity contribution in [3.63, 3.8) is 0 Å². The lowest BCUT2D eigenvalue weighted by molar-refractivity contribution is 0.0995. The number of carbonyl (C=O) groups excluding carboxylic acids is 1. The molecule has 1 amide bonds. The van der Waals surface area contributed by atoms with Crippen molar-refractivity contribution < 1.29 is 9.53 Å². The second kappa shape index (κ2) is 8.40. The van der Waals surface area contributed by atoms with Crippen molar-refractivity contribution in [1.29, 1.82) is 0 Å². The Hall–Kier alpha value is -3.62. The third-order valence-electron chi connectivity index (χ3n) is 4.65. The molecule has 0 atom stereocenters. The van der Waals surface area contributed by atoms with Crippen LogP contribution < -0.4 is 9.54 Å². The predicted octanol–water partition coefficient (Wildman–Crippen LogP) is 5.49. The Labute approximate surface area is 179 Å². The summed E-state index contributed by atoms with van der Waals surface area (Å²) in [6.45, 7) is 4.45. The number of hydrogen-bond donors (Lipinski definition) is 0. The highest BCUT2D eigenvalue weighted by Crippen LogP contribution is 2.26. The Morgan fingerprint density at radius 1 is 1.10 bits per heavy atom. The van der Waals surface area contributed by atoms with E-state index >= 15 is 0 Å². The van der Waals surface area contributed by atoms with Gasteiger partial charge in [-0.15, -0.1) is 6.42 Å². The number of amides is 1. The lowest BCUT2D eigenvalue weighted by Gasteiger charge is -2.08. The number of hydrogen-bond acceptors (Lipinski definition) is 3. The smallest absolute Gasteiger partial charge is 0.283 e. The molecule has 0 unspecified atom stereocenters. The van der Waals surface area contributed by atoms with Gasteiger partial charge in [0.05, 0.1) is 22.3 Å². The highest BCUT2D eigenvalue weighted by molar-refractivity contribution is 7.16. The molecule has 4 nitrogen and oxygen atoms in total. The largest absolute Gasteiger partial charge is 0.457 e. The molecule has 5 heteroatoms. The minimum Gasteiger partial charge on any atom is -0.457 e. The van der Waals surface area contributed by atoms with Crippen molar-refractivity contribution in [2.24, 2.45) is 4.99 Å². The highest BCUT2D eigenvalue weighted by Gasteiger charge is 2.14. The van der Waals surface area contributed by atoms with Gasteiger partial charge in [0.25, 0.3) is 5.91 Å². The first-order valence-corrected chi connectivity index (χ1v) is 10.3. The Morgan fingerprint density at radius 3 is 2.60 bits per heavy atom. The molecule has 0 aliphatic carbocycles. The summed E-state index contributed by atoms with van der Waals surface area (Å²) in [4.78, 5) is 18.1. The molecule has 0 saturated carbocycles. The van der Waals surface area contributed by atoms with E-state index in [9.17, 15) is 4.79 Å². The molecule has 4 rings (SSSR count). The number of nitrogens with zero attached hydrogens (tertiary/aromatic N) is 2. The number of para-hydroxylation sites is 2. The molecule has 1 aromatic heterocycles. The van der Waals surface area contributed by atoms with Gasteiger partial charge in [-0.25, -0.2) is 0 Å².